The summed E-state index contributed by atoms with van der Waals surface area (Å²) >= 11 is 0. The van der Waals surface area contributed by atoms with E-state index in [1.165, 1.54) is 24.3 Å². The molecule has 1 aliphatic heterocycles. The van der Waals surface area contributed by atoms with Crippen LogP contribution in [0.1, 0.15) is 19.4 Å². The molecule has 28 heavy (non-hydrogen) atoms. The lowest BCUT2D eigenvalue weighted by atomic mass is 10.0. The van der Waals surface area contributed by atoms with Gasteiger partial charge in [-0.25, -0.2) is 4.39 Å². The highest BCUT2D eigenvalue weighted by Crippen LogP contribution is 2.41. The van der Waals surface area contributed by atoms with Gasteiger partial charge in [0.25, 0.3) is 11.8 Å². The molecule has 7 nitrogen and oxygen atoms in total. The Morgan fingerprint density at radius 3 is 2.36 bits per heavy atom. The quantitative estimate of drug-likeness (QED) is 0.741. The zero-order valence-electron chi connectivity index (χ0n) is 15.6. The summed E-state index contributed by atoms with van der Waals surface area (Å²) in [6.45, 7) is 3.33. The summed E-state index contributed by atoms with van der Waals surface area (Å²) in [4.78, 5) is 23.6. The summed E-state index contributed by atoms with van der Waals surface area (Å²) in [5.41, 5.74) is 5.16. The standard InChI is InChI=1S/C20H21FN2O5/c1-20(2)10-13-4-3-5-16(19(13)28-20)27-12-18(25)23-22-17(24)11-26-15-8-6-14(21)7-9-15/h3-9H,10-12H2,1-2H3,(H,22,24)(H,23,25). The van der Waals surface area contributed by atoms with Crippen LogP contribution in [0.15, 0.2) is 42.5 Å². The predicted molar refractivity (Wildman–Crippen MR) is 98.5 cm³/mol. The maximum Gasteiger partial charge on any atom is 0.276 e. The van der Waals surface area contributed by atoms with Crippen LogP contribution >= 0.6 is 0 Å². The number of carbonyl (C=O) groups excluding carboxylic acids is 2. The largest absolute Gasteiger partial charge is 0.484 e. The molecule has 148 valence electrons. The van der Waals surface area contributed by atoms with Crippen LogP contribution in [0.4, 0.5) is 4.39 Å². The molecule has 0 atom stereocenters. The second-order valence-electron chi connectivity index (χ2n) is 6.91. The first-order valence-electron chi connectivity index (χ1n) is 8.72. The van der Waals surface area contributed by atoms with Crippen LogP contribution in [0.3, 0.4) is 0 Å². The Morgan fingerprint density at radius 2 is 1.68 bits per heavy atom. The number of fused-ring (bicyclic) bond motifs is 1. The number of nitrogens with one attached hydrogen (secondary N) is 2. The summed E-state index contributed by atoms with van der Waals surface area (Å²) in [6, 6.07) is 10.8. The second-order valence-corrected chi connectivity index (χ2v) is 6.91. The van der Waals surface area contributed by atoms with E-state index in [1.807, 2.05) is 26.0 Å². The molecule has 2 aromatic rings. The molecular weight excluding hydrogens is 367 g/mol. The number of para-hydroxylation sites is 1. The Morgan fingerprint density at radius 1 is 1.04 bits per heavy atom. The molecule has 0 saturated carbocycles. The zero-order chi connectivity index (χ0) is 20.1. The molecule has 0 aliphatic carbocycles. The van der Waals surface area contributed by atoms with E-state index in [9.17, 15) is 14.0 Å². The van der Waals surface area contributed by atoms with Gasteiger partial charge in [-0.1, -0.05) is 12.1 Å². The SMILES string of the molecule is CC1(C)Cc2cccc(OCC(=O)NNC(=O)COc3ccc(F)cc3)c2O1. The van der Waals surface area contributed by atoms with E-state index in [1.54, 1.807) is 6.07 Å². The van der Waals surface area contributed by atoms with Crippen LogP contribution < -0.4 is 25.1 Å². The molecule has 0 fully saturated rings. The van der Waals surface area contributed by atoms with E-state index < -0.39 is 17.6 Å². The molecule has 8 heteroatoms. The summed E-state index contributed by atoms with van der Waals surface area (Å²) in [5.74, 6) is -0.0521. The van der Waals surface area contributed by atoms with E-state index in [2.05, 4.69) is 10.9 Å². The third-order valence-corrected chi connectivity index (χ3v) is 3.94. The van der Waals surface area contributed by atoms with E-state index in [4.69, 9.17) is 14.2 Å². The van der Waals surface area contributed by atoms with Gasteiger partial charge in [-0.2, -0.15) is 0 Å². The lowest BCUT2D eigenvalue weighted by Gasteiger charge is -2.18. The Bertz CT molecular complexity index is 867. The third-order valence-electron chi connectivity index (χ3n) is 3.94. The van der Waals surface area contributed by atoms with Crippen molar-refractivity contribution in [1.82, 2.24) is 10.9 Å². The number of benzene rings is 2. The van der Waals surface area contributed by atoms with Crippen molar-refractivity contribution in [2.45, 2.75) is 25.9 Å². The molecule has 0 spiro atoms. The summed E-state index contributed by atoms with van der Waals surface area (Å²) < 4.78 is 29.4. The fourth-order valence-electron chi connectivity index (χ4n) is 2.74. The van der Waals surface area contributed by atoms with Crippen molar-refractivity contribution in [2.75, 3.05) is 13.2 Å². The first-order chi connectivity index (χ1) is 13.3. The topological polar surface area (TPSA) is 85.9 Å². The van der Waals surface area contributed by atoms with Crippen LogP contribution in [0.25, 0.3) is 0 Å². The number of hydrogen-bond acceptors (Lipinski definition) is 5. The molecule has 1 aliphatic rings. The normalized spacial score (nSPS) is 13.8. The molecule has 2 aromatic carbocycles. The molecule has 0 unspecified atom stereocenters. The van der Waals surface area contributed by atoms with Crippen molar-refractivity contribution in [2.24, 2.45) is 0 Å². The van der Waals surface area contributed by atoms with Crippen molar-refractivity contribution in [3.05, 3.63) is 53.8 Å². The van der Waals surface area contributed by atoms with Gasteiger partial charge in [-0.05, 0) is 44.2 Å². The minimum atomic E-state index is -0.566. The first-order valence-corrected chi connectivity index (χ1v) is 8.72. The van der Waals surface area contributed by atoms with Gasteiger partial charge in [-0.3, -0.25) is 20.4 Å². The van der Waals surface area contributed by atoms with Gasteiger partial charge in [0.05, 0.1) is 0 Å². The molecule has 0 aromatic heterocycles. The number of rotatable bonds is 6. The van der Waals surface area contributed by atoms with Crippen LogP contribution in [0.5, 0.6) is 17.2 Å². The number of halogens is 1. The summed E-state index contributed by atoms with van der Waals surface area (Å²) in [5, 5.41) is 0. The van der Waals surface area contributed by atoms with Gasteiger partial charge in [0, 0.05) is 12.0 Å². The highest BCUT2D eigenvalue weighted by molar-refractivity contribution is 5.83. The van der Waals surface area contributed by atoms with E-state index >= 15 is 0 Å². The monoisotopic (exact) mass is 388 g/mol. The predicted octanol–water partition coefficient (Wildman–Crippen LogP) is 2.14. The fourth-order valence-corrected chi connectivity index (χ4v) is 2.74. The zero-order valence-corrected chi connectivity index (χ0v) is 15.6. The Labute approximate surface area is 161 Å². The van der Waals surface area contributed by atoms with Crippen LogP contribution in [0.2, 0.25) is 0 Å². The van der Waals surface area contributed by atoms with Crippen LogP contribution in [0, 0.1) is 5.82 Å². The highest BCUT2D eigenvalue weighted by atomic mass is 19.1. The maximum atomic E-state index is 12.8. The maximum absolute atomic E-state index is 12.8. The molecule has 2 amide bonds. The van der Waals surface area contributed by atoms with Crippen molar-refractivity contribution < 1.29 is 28.2 Å². The van der Waals surface area contributed by atoms with Crippen molar-refractivity contribution in [1.29, 1.82) is 0 Å². The van der Waals surface area contributed by atoms with E-state index in [0.717, 1.165) is 12.0 Å². The number of ether oxygens (including phenoxy) is 3. The Kier molecular flexibility index (Phi) is 5.67. The second kappa shape index (κ2) is 8.16. The molecule has 2 N–H and O–H groups in total. The van der Waals surface area contributed by atoms with Crippen molar-refractivity contribution >= 4 is 11.8 Å². The van der Waals surface area contributed by atoms with Crippen molar-refractivity contribution in [3.63, 3.8) is 0 Å². The third kappa shape index (κ3) is 5.12. The molecule has 0 bridgehead atoms. The van der Waals surface area contributed by atoms with Crippen LogP contribution in [-0.2, 0) is 16.0 Å². The number of amides is 2. The Balaban J connectivity index is 1.41. The van der Waals surface area contributed by atoms with Gasteiger partial charge in [-0.15, -0.1) is 0 Å². The van der Waals surface area contributed by atoms with E-state index in [-0.39, 0.29) is 18.8 Å². The lowest BCUT2D eigenvalue weighted by Crippen LogP contribution is -2.45. The molecule has 3 rings (SSSR count). The lowest BCUT2D eigenvalue weighted by molar-refractivity contribution is -0.131. The van der Waals surface area contributed by atoms with Gasteiger partial charge < -0.3 is 14.2 Å². The van der Waals surface area contributed by atoms with Gasteiger partial charge in [0.15, 0.2) is 24.7 Å². The summed E-state index contributed by atoms with van der Waals surface area (Å²) in [7, 11) is 0. The molecule has 1 heterocycles. The first kappa shape index (κ1) is 19.5. The molecular formula is C20H21FN2O5. The van der Waals surface area contributed by atoms with Crippen molar-refractivity contribution in [3.8, 4) is 17.2 Å². The van der Waals surface area contributed by atoms with E-state index in [0.29, 0.717) is 17.2 Å². The summed E-state index contributed by atoms with van der Waals surface area (Å²) in [6.07, 6.45) is 0.760. The highest BCUT2D eigenvalue weighted by Gasteiger charge is 2.32. The van der Waals surface area contributed by atoms with Gasteiger partial charge in [0.1, 0.15) is 17.2 Å². The average molecular weight is 388 g/mol. The minimum absolute atomic E-state index is 0.292. The Hall–Kier alpha value is -3.29. The smallest absolute Gasteiger partial charge is 0.276 e. The average Bonchev–Trinajstić information content (AvgIpc) is 2.98. The molecule has 0 radical (unpaired) electrons. The number of hydrazine groups is 1. The fraction of sp³-hybridized carbons (Fsp3) is 0.300. The van der Waals surface area contributed by atoms with Gasteiger partial charge in [0.2, 0.25) is 0 Å². The molecule has 0 saturated heterocycles. The van der Waals surface area contributed by atoms with Crippen LogP contribution in [-0.4, -0.2) is 30.6 Å². The number of carbonyl (C=O) groups is 2. The minimum Gasteiger partial charge on any atom is -0.484 e. The van der Waals surface area contributed by atoms with Gasteiger partial charge >= 0.3 is 0 Å². The number of hydrogen-bond donors (Lipinski definition) is 2.